The van der Waals surface area contributed by atoms with Crippen molar-refractivity contribution >= 4 is 16.8 Å². The molecule has 0 spiro atoms. The van der Waals surface area contributed by atoms with E-state index in [1.54, 1.807) is 25.3 Å². The minimum absolute atomic E-state index is 0.131. The normalized spacial score (nSPS) is 15.8. The lowest BCUT2D eigenvalue weighted by Crippen LogP contribution is -2.20. The average Bonchev–Trinajstić information content (AvgIpc) is 2.66. The van der Waals surface area contributed by atoms with Crippen molar-refractivity contribution in [1.82, 2.24) is 0 Å². The molecule has 1 aliphatic rings. The number of methoxy groups -OCH3 is 1. The summed E-state index contributed by atoms with van der Waals surface area (Å²) in [5, 5.41) is 13.3. The molecule has 3 aromatic rings. The van der Waals surface area contributed by atoms with Gasteiger partial charge in [-0.05, 0) is 35.0 Å². The third-order valence-corrected chi connectivity index (χ3v) is 4.43. The smallest absolute Gasteiger partial charge is 0.291 e. The predicted molar refractivity (Wildman–Crippen MR) is 95.2 cm³/mol. The van der Waals surface area contributed by atoms with Crippen molar-refractivity contribution < 1.29 is 18.8 Å². The number of rotatable bonds is 3. The number of nitro groups is 1. The summed E-state index contributed by atoms with van der Waals surface area (Å²) in [6.07, 6.45) is 0.347. The van der Waals surface area contributed by atoms with Crippen LogP contribution in [0, 0.1) is 15.9 Å². The highest BCUT2D eigenvalue weighted by Gasteiger charge is 2.35. The minimum Gasteiger partial charge on any atom is -0.497 e. The molecule has 6 heteroatoms. The van der Waals surface area contributed by atoms with Gasteiger partial charge in [-0.15, -0.1) is 0 Å². The molecule has 3 aromatic carbocycles. The van der Waals surface area contributed by atoms with E-state index in [0.717, 1.165) is 10.8 Å². The fourth-order valence-corrected chi connectivity index (χ4v) is 3.15. The molecule has 0 aromatic heterocycles. The summed E-state index contributed by atoms with van der Waals surface area (Å²) in [5.74, 6) is 0.555. The standard InChI is InChI=1S/C20H14FNO4/c1-25-13-8-6-12-7-9-19-16(15(12)10-13)11-18(22(23)24)20(26-19)14-4-2-3-5-17(14)21/h2-11,20H,1H3. The van der Waals surface area contributed by atoms with E-state index >= 15 is 0 Å². The number of benzene rings is 3. The van der Waals surface area contributed by atoms with E-state index in [4.69, 9.17) is 9.47 Å². The maximum absolute atomic E-state index is 14.2. The second-order valence-electron chi connectivity index (χ2n) is 5.91. The number of fused-ring (bicyclic) bond motifs is 3. The number of hydrogen-bond acceptors (Lipinski definition) is 4. The van der Waals surface area contributed by atoms with Crippen LogP contribution in [0.3, 0.4) is 0 Å². The van der Waals surface area contributed by atoms with Gasteiger partial charge in [-0.25, -0.2) is 4.39 Å². The van der Waals surface area contributed by atoms with Gasteiger partial charge >= 0.3 is 0 Å². The first-order valence-electron chi connectivity index (χ1n) is 7.96. The van der Waals surface area contributed by atoms with E-state index in [-0.39, 0.29) is 11.3 Å². The zero-order valence-corrected chi connectivity index (χ0v) is 13.8. The summed E-state index contributed by atoms with van der Waals surface area (Å²) >= 11 is 0. The van der Waals surface area contributed by atoms with E-state index in [9.17, 15) is 14.5 Å². The van der Waals surface area contributed by atoms with Crippen LogP contribution in [0.25, 0.3) is 16.8 Å². The van der Waals surface area contributed by atoms with Crippen LogP contribution in [0.1, 0.15) is 17.2 Å². The van der Waals surface area contributed by atoms with Crippen molar-refractivity contribution in [2.75, 3.05) is 7.11 Å². The Labute approximate surface area is 148 Å². The Morgan fingerprint density at radius 3 is 2.65 bits per heavy atom. The Morgan fingerprint density at radius 2 is 1.92 bits per heavy atom. The summed E-state index contributed by atoms with van der Waals surface area (Å²) in [7, 11) is 1.56. The predicted octanol–water partition coefficient (Wildman–Crippen LogP) is 4.74. The molecule has 1 heterocycles. The second-order valence-corrected chi connectivity index (χ2v) is 5.91. The van der Waals surface area contributed by atoms with Gasteiger partial charge in [-0.3, -0.25) is 10.1 Å². The van der Waals surface area contributed by atoms with Gasteiger partial charge in [0.2, 0.25) is 6.10 Å². The van der Waals surface area contributed by atoms with Crippen LogP contribution in [-0.2, 0) is 0 Å². The first-order valence-corrected chi connectivity index (χ1v) is 7.96. The van der Waals surface area contributed by atoms with E-state index in [1.165, 1.54) is 24.3 Å². The van der Waals surface area contributed by atoms with Crippen molar-refractivity contribution in [1.29, 1.82) is 0 Å². The Kier molecular flexibility index (Phi) is 3.80. The molecule has 0 N–H and O–H groups in total. The summed E-state index contributed by atoms with van der Waals surface area (Å²) in [6.45, 7) is 0. The molecule has 0 amide bonds. The number of halogens is 1. The van der Waals surface area contributed by atoms with E-state index in [1.807, 2.05) is 18.2 Å². The third-order valence-electron chi connectivity index (χ3n) is 4.43. The van der Waals surface area contributed by atoms with Crippen LogP contribution >= 0.6 is 0 Å². The quantitative estimate of drug-likeness (QED) is 0.505. The van der Waals surface area contributed by atoms with Gasteiger partial charge in [-0.2, -0.15) is 0 Å². The maximum atomic E-state index is 14.2. The van der Waals surface area contributed by atoms with Crippen LogP contribution in [0.5, 0.6) is 11.5 Å². The molecule has 1 atom stereocenters. The van der Waals surface area contributed by atoms with Gasteiger partial charge in [-0.1, -0.05) is 30.3 Å². The first kappa shape index (κ1) is 16.1. The molecule has 0 radical (unpaired) electrons. The van der Waals surface area contributed by atoms with Crippen molar-refractivity contribution in [3.8, 4) is 11.5 Å². The third kappa shape index (κ3) is 2.56. The number of hydrogen-bond donors (Lipinski definition) is 0. The van der Waals surface area contributed by atoms with Crippen LogP contribution in [-0.4, -0.2) is 12.0 Å². The van der Waals surface area contributed by atoms with Gasteiger partial charge < -0.3 is 9.47 Å². The van der Waals surface area contributed by atoms with Gasteiger partial charge in [0.05, 0.1) is 12.0 Å². The summed E-state index contributed by atoms with van der Waals surface area (Å²) < 4.78 is 25.3. The highest BCUT2D eigenvalue weighted by molar-refractivity contribution is 5.94. The van der Waals surface area contributed by atoms with Gasteiger partial charge in [0.1, 0.15) is 17.3 Å². The molecule has 0 bridgehead atoms. The second kappa shape index (κ2) is 6.15. The van der Waals surface area contributed by atoms with E-state index < -0.39 is 16.8 Å². The lowest BCUT2D eigenvalue weighted by molar-refractivity contribution is -0.434. The van der Waals surface area contributed by atoms with Crippen molar-refractivity contribution in [3.05, 3.63) is 87.4 Å². The first-order chi connectivity index (χ1) is 12.6. The highest BCUT2D eigenvalue weighted by atomic mass is 19.1. The summed E-state index contributed by atoms with van der Waals surface area (Å²) in [5.41, 5.74) is 0.505. The summed E-state index contributed by atoms with van der Waals surface area (Å²) in [4.78, 5) is 11.1. The maximum Gasteiger partial charge on any atom is 0.291 e. The van der Waals surface area contributed by atoms with Gasteiger partial charge in [0.25, 0.3) is 5.70 Å². The molecular weight excluding hydrogens is 337 g/mol. The van der Waals surface area contributed by atoms with Crippen LogP contribution < -0.4 is 9.47 Å². The lowest BCUT2D eigenvalue weighted by atomic mass is 9.96. The molecule has 1 unspecified atom stereocenters. The molecule has 4 rings (SSSR count). The SMILES string of the molecule is COc1ccc2ccc3c(c2c1)C=C([N+](=O)[O-])C(c1ccccc1F)O3. The number of ether oxygens (including phenoxy) is 2. The molecule has 0 saturated heterocycles. The molecule has 26 heavy (non-hydrogen) atoms. The average molecular weight is 351 g/mol. The number of nitrogens with zero attached hydrogens (tertiary/aromatic N) is 1. The summed E-state index contributed by atoms with van der Waals surface area (Å²) in [6, 6.07) is 15.0. The van der Waals surface area contributed by atoms with E-state index in [2.05, 4.69) is 0 Å². The van der Waals surface area contributed by atoms with E-state index in [0.29, 0.717) is 17.1 Å². The molecule has 0 aliphatic carbocycles. The Hall–Kier alpha value is -3.41. The fourth-order valence-electron chi connectivity index (χ4n) is 3.15. The topological polar surface area (TPSA) is 61.6 Å². The molecule has 130 valence electrons. The zero-order chi connectivity index (χ0) is 18.3. The Balaban J connectivity index is 1.93. The fraction of sp³-hybridized carbons (Fsp3) is 0.100. The van der Waals surface area contributed by atoms with Crippen LogP contribution in [0.2, 0.25) is 0 Å². The zero-order valence-electron chi connectivity index (χ0n) is 13.8. The van der Waals surface area contributed by atoms with Crippen molar-refractivity contribution in [3.63, 3.8) is 0 Å². The Morgan fingerprint density at radius 1 is 1.15 bits per heavy atom. The monoisotopic (exact) mass is 351 g/mol. The van der Waals surface area contributed by atoms with Crippen LogP contribution in [0.15, 0.2) is 60.3 Å². The molecule has 0 fully saturated rings. The van der Waals surface area contributed by atoms with Crippen molar-refractivity contribution in [2.24, 2.45) is 0 Å². The lowest BCUT2D eigenvalue weighted by Gasteiger charge is -2.24. The highest BCUT2D eigenvalue weighted by Crippen LogP contribution is 2.42. The minimum atomic E-state index is -1.11. The largest absolute Gasteiger partial charge is 0.497 e. The Bertz CT molecular complexity index is 1060. The van der Waals surface area contributed by atoms with Gasteiger partial charge in [0.15, 0.2) is 0 Å². The van der Waals surface area contributed by atoms with Crippen LogP contribution in [0.4, 0.5) is 4.39 Å². The molecule has 1 aliphatic heterocycles. The molecular formula is C20H14FNO4. The van der Waals surface area contributed by atoms with Crippen molar-refractivity contribution in [2.45, 2.75) is 6.10 Å². The van der Waals surface area contributed by atoms with Gasteiger partial charge in [0, 0.05) is 17.2 Å². The molecule has 0 saturated carbocycles. The molecule has 5 nitrogen and oxygen atoms in total.